The molecule has 1 aromatic heterocycles. The summed E-state index contributed by atoms with van der Waals surface area (Å²) < 4.78 is 13.1. The van der Waals surface area contributed by atoms with Gasteiger partial charge in [0.15, 0.2) is 0 Å². The van der Waals surface area contributed by atoms with Crippen molar-refractivity contribution in [2.24, 2.45) is 0 Å². The second kappa shape index (κ2) is 5.81. The van der Waals surface area contributed by atoms with Gasteiger partial charge in [0.1, 0.15) is 11.5 Å². The van der Waals surface area contributed by atoms with Gasteiger partial charge in [-0.25, -0.2) is 9.18 Å². The minimum absolute atomic E-state index is 0.0585. The molecule has 0 fully saturated rings. The molecule has 2 N–H and O–H groups in total. The summed E-state index contributed by atoms with van der Waals surface area (Å²) in [5.74, 6) is -1.41. The van der Waals surface area contributed by atoms with Gasteiger partial charge in [-0.1, -0.05) is 30.3 Å². The lowest BCUT2D eigenvalue weighted by atomic mass is 9.99. The number of hydrogen-bond donors (Lipinski definition) is 2. The minimum Gasteiger partial charge on any atom is -0.477 e. The zero-order valence-electron chi connectivity index (χ0n) is 11.6. The molecule has 0 spiro atoms. The number of nitrogens with zero attached hydrogens (tertiary/aromatic N) is 1. The monoisotopic (exact) mass is 296 g/mol. The number of aromatic carboxylic acids is 1. The SMILES string of the molecule is O=C(O)c1[nH]nc(-c2ccc(F)cc2)c1Cc1ccccc1. The van der Waals surface area contributed by atoms with Crippen LogP contribution >= 0.6 is 0 Å². The maximum Gasteiger partial charge on any atom is 0.354 e. The molecule has 3 rings (SSSR count). The van der Waals surface area contributed by atoms with Crippen molar-refractivity contribution in [3.63, 3.8) is 0 Å². The maximum absolute atomic E-state index is 13.1. The van der Waals surface area contributed by atoms with E-state index in [0.29, 0.717) is 23.2 Å². The van der Waals surface area contributed by atoms with Crippen molar-refractivity contribution < 1.29 is 14.3 Å². The molecule has 110 valence electrons. The smallest absolute Gasteiger partial charge is 0.354 e. The van der Waals surface area contributed by atoms with Gasteiger partial charge in [0.25, 0.3) is 0 Å². The van der Waals surface area contributed by atoms with Crippen LogP contribution in [0.3, 0.4) is 0 Å². The van der Waals surface area contributed by atoms with Gasteiger partial charge < -0.3 is 5.11 Å². The fourth-order valence-electron chi connectivity index (χ4n) is 2.36. The van der Waals surface area contributed by atoms with Gasteiger partial charge in [-0.3, -0.25) is 5.10 Å². The molecule has 0 atom stereocenters. The van der Waals surface area contributed by atoms with Crippen LogP contribution in [0.25, 0.3) is 11.3 Å². The predicted octanol–water partition coefficient (Wildman–Crippen LogP) is 3.50. The lowest BCUT2D eigenvalue weighted by Crippen LogP contribution is -2.02. The third kappa shape index (κ3) is 2.74. The van der Waals surface area contributed by atoms with Gasteiger partial charge in [0.2, 0.25) is 0 Å². The van der Waals surface area contributed by atoms with E-state index in [9.17, 15) is 14.3 Å². The number of rotatable bonds is 4. The van der Waals surface area contributed by atoms with Crippen LogP contribution in [0.15, 0.2) is 54.6 Å². The summed E-state index contributed by atoms with van der Waals surface area (Å²) in [6.07, 6.45) is 0.436. The van der Waals surface area contributed by atoms with Gasteiger partial charge >= 0.3 is 5.97 Å². The van der Waals surface area contributed by atoms with E-state index in [1.165, 1.54) is 12.1 Å². The van der Waals surface area contributed by atoms with Crippen molar-refractivity contribution in [1.29, 1.82) is 0 Å². The molecule has 22 heavy (non-hydrogen) atoms. The van der Waals surface area contributed by atoms with Crippen molar-refractivity contribution in [3.05, 3.63) is 77.2 Å². The molecule has 0 saturated heterocycles. The number of carboxylic acid groups (broad SMARTS) is 1. The van der Waals surface area contributed by atoms with Crippen LogP contribution in [0.5, 0.6) is 0 Å². The van der Waals surface area contributed by atoms with E-state index in [4.69, 9.17) is 0 Å². The number of carbonyl (C=O) groups is 1. The van der Waals surface area contributed by atoms with Gasteiger partial charge in [0, 0.05) is 17.5 Å². The predicted molar refractivity (Wildman–Crippen MR) is 80.2 cm³/mol. The van der Waals surface area contributed by atoms with Crippen molar-refractivity contribution in [3.8, 4) is 11.3 Å². The molecule has 0 aliphatic heterocycles. The quantitative estimate of drug-likeness (QED) is 0.774. The molecule has 5 heteroatoms. The maximum atomic E-state index is 13.1. The third-order valence-corrected chi connectivity index (χ3v) is 3.42. The van der Waals surface area contributed by atoms with Gasteiger partial charge in [-0.05, 0) is 29.8 Å². The summed E-state index contributed by atoms with van der Waals surface area (Å²) in [4.78, 5) is 11.4. The molecule has 0 aliphatic rings. The fourth-order valence-corrected chi connectivity index (χ4v) is 2.36. The lowest BCUT2D eigenvalue weighted by Gasteiger charge is -2.05. The first-order valence-corrected chi connectivity index (χ1v) is 6.75. The van der Waals surface area contributed by atoms with E-state index < -0.39 is 5.97 Å². The Morgan fingerprint density at radius 2 is 1.77 bits per heavy atom. The number of nitrogens with one attached hydrogen (secondary N) is 1. The highest BCUT2D eigenvalue weighted by molar-refractivity contribution is 5.89. The van der Waals surface area contributed by atoms with E-state index in [-0.39, 0.29) is 11.5 Å². The Morgan fingerprint density at radius 3 is 2.41 bits per heavy atom. The highest BCUT2D eigenvalue weighted by Crippen LogP contribution is 2.26. The largest absolute Gasteiger partial charge is 0.477 e. The first kappa shape index (κ1) is 14.0. The number of aromatic nitrogens is 2. The summed E-state index contributed by atoms with van der Waals surface area (Å²) in [6, 6.07) is 15.4. The molecule has 0 unspecified atom stereocenters. The highest BCUT2D eigenvalue weighted by Gasteiger charge is 2.19. The highest BCUT2D eigenvalue weighted by atomic mass is 19.1. The summed E-state index contributed by atoms with van der Waals surface area (Å²) in [5, 5.41) is 16.0. The van der Waals surface area contributed by atoms with Crippen molar-refractivity contribution >= 4 is 5.97 Å². The van der Waals surface area contributed by atoms with Crippen LogP contribution in [0.4, 0.5) is 4.39 Å². The number of halogens is 1. The summed E-state index contributed by atoms with van der Waals surface area (Å²) in [7, 11) is 0. The summed E-state index contributed by atoms with van der Waals surface area (Å²) in [6.45, 7) is 0. The Morgan fingerprint density at radius 1 is 1.09 bits per heavy atom. The average Bonchev–Trinajstić information content (AvgIpc) is 2.93. The minimum atomic E-state index is -1.06. The number of aromatic amines is 1. The summed E-state index contributed by atoms with van der Waals surface area (Å²) in [5.41, 5.74) is 2.83. The molecule has 3 aromatic rings. The molecule has 0 amide bonds. The van der Waals surface area contributed by atoms with Crippen LogP contribution < -0.4 is 0 Å². The molecular formula is C17H13FN2O2. The van der Waals surface area contributed by atoms with Crippen LogP contribution in [0.2, 0.25) is 0 Å². The van der Waals surface area contributed by atoms with Crippen LogP contribution in [-0.4, -0.2) is 21.3 Å². The normalized spacial score (nSPS) is 10.6. The Labute approximate surface area is 126 Å². The zero-order valence-corrected chi connectivity index (χ0v) is 11.6. The van der Waals surface area contributed by atoms with Crippen LogP contribution in [-0.2, 0) is 6.42 Å². The number of hydrogen-bond acceptors (Lipinski definition) is 2. The second-order valence-corrected chi connectivity index (χ2v) is 4.90. The molecule has 0 aliphatic carbocycles. The van der Waals surface area contributed by atoms with Crippen molar-refractivity contribution in [2.75, 3.05) is 0 Å². The molecule has 0 bridgehead atoms. The Balaban J connectivity index is 2.07. The fraction of sp³-hybridized carbons (Fsp3) is 0.0588. The van der Waals surface area contributed by atoms with Gasteiger partial charge in [-0.15, -0.1) is 0 Å². The number of H-pyrrole nitrogens is 1. The second-order valence-electron chi connectivity index (χ2n) is 4.90. The van der Waals surface area contributed by atoms with Crippen molar-refractivity contribution in [1.82, 2.24) is 10.2 Å². The van der Waals surface area contributed by atoms with Gasteiger partial charge in [0.05, 0.1) is 5.69 Å². The molecule has 4 nitrogen and oxygen atoms in total. The average molecular weight is 296 g/mol. The summed E-state index contributed by atoms with van der Waals surface area (Å²) >= 11 is 0. The molecule has 1 heterocycles. The number of carboxylic acids is 1. The Kier molecular flexibility index (Phi) is 3.70. The molecule has 0 radical (unpaired) electrons. The standard InChI is InChI=1S/C17H13FN2O2/c18-13-8-6-12(7-9-13)15-14(16(17(21)22)20-19-15)10-11-4-2-1-3-5-11/h1-9H,10H2,(H,19,20)(H,21,22). The van der Waals surface area contributed by atoms with Gasteiger partial charge in [-0.2, -0.15) is 5.10 Å². The van der Waals surface area contributed by atoms with Crippen molar-refractivity contribution in [2.45, 2.75) is 6.42 Å². The molecular weight excluding hydrogens is 283 g/mol. The Bertz CT molecular complexity index is 795. The zero-order chi connectivity index (χ0) is 15.5. The number of benzene rings is 2. The van der Waals surface area contributed by atoms with Crippen LogP contribution in [0, 0.1) is 5.82 Å². The van der Waals surface area contributed by atoms with E-state index in [1.54, 1.807) is 12.1 Å². The molecule has 0 saturated carbocycles. The first-order chi connectivity index (χ1) is 10.6. The van der Waals surface area contributed by atoms with Crippen LogP contribution in [0.1, 0.15) is 21.6 Å². The third-order valence-electron chi connectivity index (χ3n) is 3.42. The Hall–Kier alpha value is -2.95. The van der Waals surface area contributed by atoms with E-state index in [1.807, 2.05) is 30.3 Å². The lowest BCUT2D eigenvalue weighted by molar-refractivity contribution is 0.0689. The topological polar surface area (TPSA) is 66.0 Å². The first-order valence-electron chi connectivity index (χ1n) is 6.75. The van der Waals surface area contributed by atoms with E-state index >= 15 is 0 Å². The van der Waals surface area contributed by atoms with E-state index in [2.05, 4.69) is 10.2 Å². The van der Waals surface area contributed by atoms with E-state index in [0.717, 1.165) is 5.56 Å². The molecule has 2 aromatic carbocycles.